The average Bonchev–Trinajstić information content (AvgIpc) is 2.40. The first-order valence-corrected chi connectivity index (χ1v) is 7.83. The number of likely N-dealkylation sites (N-methyl/N-ethyl adjacent to an activating group) is 1. The van der Waals surface area contributed by atoms with E-state index in [0.717, 1.165) is 10.0 Å². The number of nitrogens with zero attached hydrogens (tertiary/aromatic N) is 1. The van der Waals surface area contributed by atoms with Crippen molar-refractivity contribution in [2.75, 3.05) is 20.1 Å². The molecule has 1 atom stereocenters. The molecule has 0 fully saturated rings. The fourth-order valence-corrected chi connectivity index (χ4v) is 2.62. The van der Waals surface area contributed by atoms with Crippen LogP contribution in [0.3, 0.4) is 0 Å². The van der Waals surface area contributed by atoms with Gasteiger partial charge in [-0.3, -0.25) is 4.79 Å². The van der Waals surface area contributed by atoms with Gasteiger partial charge in [-0.15, -0.1) is 12.4 Å². The molecule has 1 aromatic carbocycles. The number of carbonyl (C=O) groups excluding carboxylic acids is 1. The molecule has 0 aromatic heterocycles. The summed E-state index contributed by atoms with van der Waals surface area (Å²) in [4.78, 5) is 14.0. The smallest absolute Gasteiger partial charge is 0.263 e. The first-order valence-electron chi connectivity index (χ1n) is 7.04. The second-order valence-electron chi connectivity index (χ2n) is 6.26. The van der Waals surface area contributed by atoms with Gasteiger partial charge in [-0.2, -0.15) is 0 Å². The first-order chi connectivity index (χ1) is 9.66. The fraction of sp³-hybridized carbons (Fsp3) is 0.562. The molecule has 0 aliphatic heterocycles. The Morgan fingerprint density at radius 3 is 2.55 bits per heavy atom. The van der Waals surface area contributed by atoms with Crippen LogP contribution in [-0.2, 0) is 4.79 Å². The van der Waals surface area contributed by atoms with Crippen LogP contribution in [0.2, 0.25) is 0 Å². The van der Waals surface area contributed by atoms with E-state index in [1.54, 1.807) is 18.9 Å². The first kappa shape index (κ1) is 21.2. The monoisotopic (exact) mass is 392 g/mol. The summed E-state index contributed by atoms with van der Waals surface area (Å²) in [5.41, 5.74) is 6.74. The summed E-state index contributed by atoms with van der Waals surface area (Å²) in [5.74, 6) is 0.622. The maximum atomic E-state index is 12.4. The SMILES string of the molecule is Cc1ccc(OC(C)C(=O)N(C)CC(C)(C)CN)c(Br)c1.Cl. The molecule has 6 heteroatoms. The van der Waals surface area contributed by atoms with Crippen molar-refractivity contribution in [2.24, 2.45) is 11.1 Å². The van der Waals surface area contributed by atoms with Crippen molar-refractivity contribution in [2.45, 2.75) is 33.8 Å². The van der Waals surface area contributed by atoms with Gasteiger partial charge in [0.15, 0.2) is 6.10 Å². The van der Waals surface area contributed by atoms with Crippen LogP contribution in [0.4, 0.5) is 0 Å². The highest BCUT2D eigenvalue weighted by Gasteiger charge is 2.25. The maximum Gasteiger partial charge on any atom is 0.263 e. The molecule has 1 aromatic rings. The summed E-state index contributed by atoms with van der Waals surface area (Å²) < 4.78 is 6.62. The summed E-state index contributed by atoms with van der Waals surface area (Å²) in [7, 11) is 1.78. The van der Waals surface area contributed by atoms with E-state index in [-0.39, 0.29) is 23.7 Å². The Balaban J connectivity index is 0.00000441. The van der Waals surface area contributed by atoms with Crippen LogP contribution in [0, 0.1) is 12.3 Å². The fourth-order valence-electron chi connectivity index (χ4n) is 2.04. The molecule has 1 unspecified atom stereocenters. The lowest BCUT2D eigenvalue weighted by Crippen LogP contribution is -2.44. The molecule has 1 rings (SSSR count). The second-order valence-corrected chi connectivity index (χ2v) is 7.11. The predicted molar refractivity (Wildman–Crippen MR) is 96.7 cm³/mol. The Hall–Kier alpha value is -0.780. The number of ether oxygens (including phenoxy) is 1. The van der Waals surface area contributed by atoms with Crippen LogP contribution < -0.4 is 10.5 Å². The summed E-state index contributed by atoms with van der Waals surface area (Å²) >= 11 is 3.46. The molecule has 0 bridgehead atoms. The Bertz CT molecular complexity index is 509. The molecule has 4 nitrogen and oxygen atoms in total. The lowest BCUT2D eigenvalue weighted by molar-refractivity contribution is -0.137. The van der Waals surface area contributed by atoms with Gasteiger partial charge in [0.2, 0.25) is 0 Å². The summed E-state index contributed by atoms with van der Waals surface area (Å²) in [6, 6.07) is 5.79. The van der Waals surface area contributed by atoms with E-state index in [0.29, 0.717) is 18.8 Å². The van der Waals surface area contributed by atoms with Gasteiger partial charge in [-0.05, 0) is 59.4 Å². The predicted octanol–water partition coefficient (Wildman–Crippen LogP) is 3.39. The molecule has 0 saturated heterocycles. The van der Waals surface area contributed by atoms with Crippen LogP contribution in [0.5, 0.6) is 5.75 Å². The molecule has 1 amide bonds. The van der Waals surface area contributed by atoms with E-state index in [4.69, 9.17) is 10.5 Å². The minimum Gasteiger partial charge on any atom is -0.480 e. The van der Waals surface area contributed by atoms with Crippen molar-refractivity contribution < 1.29 is 9.53 Å². The zero-order valence-electron chi connectivity index (χ0n) is 13.9. The highest BCUT2D eigenvalue weighted by molar-refractivity contribution is 9.10. The lowest BCUT2D eigenvalue weighted by Gasteiger charge is -2.30. The van der Waals surface area contributed by atoms with Crippen LogP contribution in [0.25, 0.3) is 0 Å². The molecule has 22 heavy (non-hydrogen) atoms. The molecule has 0 heterocycles. The number of halogens is 2. The Kier molecular flexibility index (Phi) is 8.44. The number of hydrogen-bond donors (Lipinski definition) is 1. The van der Waals surface area contributed by atoms with E-state index in [1.165, 1.54) is 0 Å². The molecule has 0 aliphatic carbocycles. The Morgan fingerprint density at radius 1 is 1.45 bits per heavy atom. The molecule has 2 N–H and O–H groups in total. The van der Waals surface area contributed by atoms with Gasteiger partial charge in [0.25, 0.3) is 5.91 Å². The number of carbonyl (C=O) groups is 1. The highest BCUT2D eigenvalue weighted by Crippen LogP contribution is 2.27. The molecule has 0 saturated carbocycles. The van der Waals surface area contributed by atoms with Gasteiger partial charge < -0.3 is 15.4 Å². The summed E-state index contributed by atoms with van der Waals surface area (Å²) in [6.45, 7) is 8.98. The summed E-state index contributed by atoms with van der Waals surface area (Å²) in [6.07, 6.45) is -0.539. The largest absolute Gasteiger partial charge is 0.480 e. The molecule has 0 radical (unpaired) electrons. The molecule has 0 spiro atoms. The van der Waals surface area contributed by atoms with Crippen molar-refractivity contribution in [1.82, 2.24) is 4.90 Å². The third-order valence-corrected chi connectivity index (χ3v) is 3.95. The second kappa shape index (κ2) is 8.75. The van der Waals surface area contributed by atoms with E-state index in [2.05, 4.69) is 15.9 Å². The number of nitrogens with two attached hydrogens (primary N) is 1. The topological polar surface area (TPSA) is 55.6 Å². The number of aryl methyl sites for hydroxylation is 1. The van der Waals surface area contributed by atoms with Crippen LogP contribution in [0.15, 0.2) is 22.7 Å². The van der Waals surface area contributed by atoms with Crippen LogP contribution in [-0.4, -0.2) is 37.0 Å². The van der Waals surface area contributed by atoms with Crippen molar-refractivity contribution in [3.05, 3.63) is 28.2 Å². The zero-order chi connectivity index (χ0) is 16.2. The normalized spacial score (nSPS) is 12.3. The average molecular weight is 394 g/mol. The van der Waals surface area contributed by atoms with E-state index in [1.807, 2.05) is 39.0 Å². The molecular weight excluding hydrogens is 368 g/mol. The van der Waals surface area contributed by atoms with Crippen molar-refractivity contribution >= 4 is 34.2 Å². The minimum atomic E-state index is -0.539. The van der Waals surface area contributed by atoms with E-state index >= 15 is 0 Å². The van der Waals surface area contributed by atoms with Crippen molar-refractivity contribution in [1.29, 1.82) is 0 Å². The molecular formula is C16H26BrClN2O2. The van der Waals surface area contributed by atoms with Crippen molar-refractivity contribution in [3.63, 3.8) is 0 Å². The summed E-state index contributed by atoms with van der Waals surface area (Å²) in [5, 5.41) is 0. The molecule has 126 valence electrons. The minimum absolute atomic E-state index is 0. The molecule has 0 aliphatic rings. The third-order valence-electron chi connectivity index (χ3n) is 3.33. The van der Waals surface area contributed by atoms with E-state index < -0.39 is 6.10 Å². The lowest BCUT2D eigenvalue weighted by atomic mass is 9.93. The Labute approximate surface area is 147 Å². The number of hydrogen-bond acceptors (Lipinski definition) is 3. The van der Waals surface area contributed by atoms with Gasteiger partial charge in [-0.1, -0.05) is 19.9 Å². The number of rotatable bonds is 6. The van der Waals surface area contributed by atoms with Crippen LogP contribution >= 0.6 is 28.3 Å². The quantitative estimate of drug-likeness (QED) is 0.806. The van der Waals surface area contributed by atoms with Crippen LogP contribution in [0.1, 0.15) is 26.3 Å². The number of benzene rings is 1. The van der Waals surface area contributed by atoms with Crippen molar-refractivity contribution in [3.8, 4) is 5.75 Å². The highest BCUT2D eigenvalue weighted by atomic mass is 79.9. The van der Waals surface area contributed by atoms with Gasteiger partial charge >= 0.3 is 0 Å². The van der Waals surface area contributed by atoms with Gasteiger partial charge in [-0.25, -0.2) is 0 Å². The van der Waals surface area contributed by atoms with Gasteiger partial charge in [0.1, 0.15) is 5.75 Å². The van der Waals surface area contributed by atoms with E-state index in [9.17, 15) is 4.79 Å². The standard InChI is InChI=1S/C16H25BrN2O2.ClH/c1-11-6-7-14(13(17)8-11)21-12(2)15(20)19(5)10-16(3,4)9-18;/h6-8,12H,9-10,18H2,1-5H3;1H. The Morgan fingerprint density at radius 2 is 2.05 bits per heavy atom. The third kappa shape index (κ3) is 6.15. The number of amides is 1. The van der Waals surface area contributed by atoms with Gasteiger partial charge in [0, 0.05) is 13.6 Å². The maximum absolute atomic E-state index is 12.4. The van der Waals surface area contributed by atoms with Gasteiger partial charge in [0.05, 0.1) is 4.47 Å². The zero-order valence-corrected chi connectivity index (χ0v) is 16.3.